The van der Waals surface area contributed by atoms with Crippen molar-refractivity contribution in [3.63, 3.8) is 0 Å². The van der Waals surface area contributed by atoms with Crippen molar-refractivity contribution in [2.75, 3.05) is 68.5 Å². The van der Waals surface area contributed by atoms with Gasteiger partial charge in [0.2, 0.25) is 65.0 Å². The van der Waals surface area contributed by atoms with Crippen LogP contribution in [0, 0.1) is 23.7 Å². The second-order valence-electron chi connectivity index (χ2n) is 27.4. The van der Waals surface area contributed by atoms with E-state index < -0.39 is 155 Å². The van der Waals surface area contributed by atoms with Gasteiger partial charge in [-0.15, -0.1) is 0 Å². The SMILES string of the molecule is CC[C@H](C)[C@@H]1NC(=O)[C@H](CC(C)C)N(C)C(=O)C[C@@H](C)NC(=O)[C@H](C2CCCC2)N(C)C(=O)C2(CCCC2)NC(=O)C2CCCN2C(=O)[C@H](CCc2ccc(C(F)(F)F)c(Cl)c2)NC(=O)CN(C)C(=O)[C@H](CC2CCCCC2)N(C)C(=O)CN(C)C(=O)CN(C)C1=O. The summed E-state index contributed by atoms with van der Waals surface area (Å²) in [5, 5.41) is 11.1. The van der Waals surface area contributed by atoms with Crippen molar-refractivity contribution in [3.05, 3.63) is 34.3 Å². The fraction of sp³-hybridized carbons (Fsp3) is 0.742. The summed E-state index contributed by atoms with van der Waals surface area (Å²) >= 11 is 6.13. The summed E-state index contributed by atoms with van der Waals surface area (Å²) in [7, 11) is 8.66. The van der Waals surface area contributed by atoms with Crippen LogP contribution in [0.1, 0.15) is 174 Å². The number of aryl methyl sites for hydroxylation is 1. The molecule has 1 aromatic carbocycles. The van der Waals surface area contributed by atoms with E-state index in [9.17, 15) is 56.3 Å². The Kier molecular flexibility index (Phi) is 26.8. The van der Waals surface area contributed by atoms with Gasteiger partial charge in [-0.2, -0.15) is 13.2 Å². The minimum absolute atomic E-state index is 0.0356. The van der Waals surface area contributed by atoms with Crippen molar-refractivity contribution < 1.29 is 65.9 Å². The van der Waals surface area contributed by atoms with E-state index in [-0.39, 0.29) is 75.7 Å². The third kappa shape index (κ3) is 19.1. The number of carbonyl (C=O) groups is 11. The molecule has 1 spiro atoms. The molecular formula is C66H101ClF3N11O11. The van der Waals surface area contributed by atoms with Crippen LogP contribution in [0.25, 0.3) is 0 Å². The van der Waals surface area contributed by atoms with Crippen molar-refractivity contribution in [1.82, 2.24) is 55.6 Å². The lowest BCUT2D eigenvalue weighted by atomic mass is 9.84. The Morgan fingerprint density at radius 1 is 0.641 bits per heavy atom. The predicted molar refractivity (Wildman–Crippen MR) is 340 cm³/mol. The summed E-state index contributed by atoms with van der Waals surface area (Å²) in [5.41, 5.74) is -2.22. The summed E-state index contributed by atoms with van der Waals surface area (Å²) in [4.78, 5) is 169. The number of nitrogens with one attached hydrogen (secondary N) is 4. The van der Waals surface area contributed by atoms with Gasteiger partial charge in [-0.3, -0.25) is 52.7 Å². The van der Waals surface area contributed by atoms with Gasteiger partial charge in [-0.05, 0) is 112 Å². The zero-order chi connectivity index (χ0) is 68.1. The monoisotopic (exact) mass is 1320 g/mol. The topological polar surface area (TPSA) is 259 Å². The number of rotatable bonds is 10. The zero-order valence-electron chi connectivity index (χ0n) is 55.9. The fourth-order valence-electron chi connectivity index (χ4n) is 14.1. The molecule has 1 unspecified atom stereocenters. The number of hydrogen-bond donors (Lipinski definition) is 4. The third-order valence-electron chi connectivity index (χ3n) is 19.8. The summed E-state index contributed by atoms with van der Waals surface area (Å²) in [6.07, 6.45) is 5.10. The highest BCUT2D eigenvalue weighted by Crippen LogP contribution is 2.38. The van der Waals surface area contributed by atoms with E-state index in [0.717, 1.165) is 66.9 Å². The molecule has 3 saturated carbocycles. The first kappa shape index (κ1) is 74.5. The first-order valence-corrected chi connectivity index (χ1v) is 33.6. The zero-order valence-corrected chi connectivity index (χ0v) is 56.6. The maximum atomic E-state index is 15.2. The Balaban J connectivity index is 1.37. The van der Waals surface area contributed by atoms with E-state index in [1.807, 2.05) is 20.8 Å². The standard InChI is InChI=1S/C66H101ClF3N11O11/c1-12-41(4)56-63(91)77(8)38-54(84)75(6)39-55(85)79(10)51(36-43-21-14-13-15-22-43)62(90)76(7)37-52(82)72-48(29-27-44-26-28-46(47(67)35-44)66(68,69)70)61(89)81-32-20-25-49(81)59(87)74-65(30-18-19-31-65)64(92)80(11)57(45-23-16-17-24-45)60(88)71-42(5)34-53(83)78(9)50(33-40(2)3)58(86)73-56/h26,28,35,40-43,45,48-51,56-57H,12-25,27,29-34,36-39H2,1-11H3,(H,71,88)(H,72,82)(H,73,86)(H,74,87)/t41-,42+,48-,49?,50-,51-,56-,57-/m0/s1. The minimum Gasteiger partial charge on any atom is -0.351 e. The molecule has 0 aromatic heterocycles. The van der Waals surface area contributed by atoms with Crippen LogP contribution in [0.4, 0.5) is 13.2 Å². The van der Waals surface area contributed by atoms with Crippen LogP contribution in [0.3, 0.4) is 0 Å². The van der Waals surface area contributed by atoms with Gasteiger partial charge in [-0.25, -0.2) is 0 Å². The van der Waals surface area contributed by atoms with E-state index in [1.165, 1.54) is 65.8 Å². The van der Waals surface area contributed by atoms with E-state index in [4.69, 9.17) is 11.6 Å². The van der Waals surface area contributed by atoms with Gasteiger partial charge >= 0.3 is 6.18 Å². The van der Waals surface area contributed by atoms with E-state index >= 15 is 9.59 Å². The quantitative estimate of drug-likeness (QED) is 0.221. The first-order chi connectivity index (χ1) is 43.3. The molecule has 3 aliphatic carbocycles. The number of fused-ring (bicyclic) bond motifs is 1. The van der Waals surface area contributed by atoms with Gasteiger partial charge in [0.15, 0.2) is 0 Å². The van der Waals surface area contributed by atoms with Crippen molar-refractivity contribution in [1.29, 1.82) is 0 Å². The predicted octanol–water partition coefficient (Wildman–Crippen LogP) is 5.70. The molecule has 1 aromatic rings. The summed E-state index contributed by atoms with van der Waals surface area (Å²) in [6.45, 7) is 7.54. The molecule has 8 atom stereocenters. The molecule has 92 heavy (non-hydrogen) atoms. The number of amides is 11. The lowest BCUT2D eigenvalue weighted by Crippen LogP contribution is -2.64. The van der Waals surface area contributed by atoms with E-state index in [0.29, 0.717) is 44.1 Å². The Morgan fingerprint density at radius 3 is 1.86 bits per heavy atom. The highest BCUT2D eigenvalue weighted by molar-refractivity contribution is 6.31. The van der Waals surface area contributed by atoms with Crippen LogP contribution in [0.5, 0.6) is 0 Å². The fourth-order valence-corrected chi connectivity index (χ4v) is 14.4. The minimum atomic E-state index is -4.74. The second kappa shape index (κ2) is 33.0. The average Bonchev–Trinajstić information content (AvgIpc) is 1.56. The Labute approximate surface area is 545 Å². The van der Waals surface area contributed by atoms with Crippen LogP contribution in [0.2, 0.25) is 5.02 Å². The lowest BCUT2D eigenvalue weighted by molar-refractivity contribution is -0.150. The molecule has 0 radical (unpaired) electrons. The van der Waals surface area contributed by atoms with E-state index in [2.05, 4.69) is 21.3 Å². The molecule has 5 aliphatic rings. The number of alkyl halides is 3. The summed E-state index contributed by atoms with van der Waals surface area (Å²) < 4.78 is 41.4. The Bertz CT molecular complexity index is 2830. The lowest BCUT2D eigenvalue weighted by Gasteiger charge is -2.40. The molecule has 11 amide bonds. The van der Waals surface area contributed by atoms with Gasteiger partial charge in [0.25, 0.3) is 0 Å². The molecule has 22 nitrogen and oxygen atoms in total. The highest BCUT2D eigenvalue weighted by atomic mass is 35.5. The normalized spacial score (nSPS) is 27.0. The number of benzene rings is 1. The highest BCUT2D eigenvalue weighted by Gasteiger charge is 2.50. The summed E-state index contributed by atoms with van der Waals surface area (Å²) in [6, 6.07) is -4.43. The molecule has 5 fully saturated rings. The van der Waals surface area contributed by atoms with Crippen LogP contribution in [-0.2, 0) is 65.3 Å². The molecule has 6 rings (SSSR count). The molecular weight excluding hydrogens is 1220 g/mol. The second-order valence-corrected chi connectivity index (χ2v) is 27.8. The largest absolute Gasteiger partial charge is 0.417 e. The van der Waals surface area contributed by atoms with Crippen molar-refractivity contribution >= 4 is 76.6 Å². The van der Waals surface area contributed by atoms with Gasteiger partial charge < -0.3 is 55.6 Å². The number of nitrogens with zero attached hydrogens (tertiary/aromatic N) is 7. The van der Waals surface area contributed by atoms with Crippen molar-refractivity contribution in [2.45, 2.75) is 223 Å². The Morgan fingerprint density at radius 2 is 1.25 bits per heavy atom. The van der Waals surface area contributed by atoms with Gasteiger partial charge in [-0.1, -0.05) is 110 Å². The maximum absolute atomic E-state index is 15.2. The van der Waals surface area contributed by atoms with Crippen LogP contribution < -0.4 is 21.3 Å². The summed E-state index contributed by atoms with van der Waals surface area (Å²) in [5.74, 6) is -7.37. The smallest absolute Gasteiger partial charge is 0.351 e. The van der Waals surface area contributed by atoms with E-state index in [1.54, 1.807) is 20.9 Å². The molecule has 26 heteroatoms. The number of hydrogen-bond acceptors (Lipinski definition) is 11. The molecule has 2 aliphatic heterocycles. The molecule has 514 valence electrons. The van der Waals surface area contributed by atoms with Crippen LogP contribution >= 0.6 is 11.6 Å². The molecule has 2 heterocycles. The van der Waals surface area contributed by atoms with Crippen LogP contribution in [0.15, 0.2) is 18.2 Å². The molecule has 2 saturated heterocycles. The average molecular weight is 1320 g/mol. The maximum Gasteiger partial charge on any atom is 0.417 e. The van der Waals surface area contributed by atoms with Crippen molar-refractivity contribution in [2.24, 2.45) is 23.7 Å². The van der Waals surface area contributed by atoms with Crippen LogP contribution in [-0.4, -0.2) is 216 Å². The van der Waals surface area contributed by atoms with Gasteiger partial charge in [0.1, 0.15) is 41.8 Å². The number of halogens is 4. The van der Waals surface area contributed by atoms with Gasteiger partial charge in [0.05, 0.1) is 30.2 Å². The molecule has 0 bridgehead atoms. The first-order valence-electron chi connectivity index (χ1n) is 33.2. The van der Waals surface area contributed by atoms with Crippen molar-refractivity contribution in [3.8, 4) is 0 Å². The molecule has 4 N–H and O–H groups in total. The third-order valence-corrected chi connectivity index (χ3v) is 20.2. The number of likely N-dealkylation sites (N-methyl/N-ethyl adjacent to an activating group) is 6. The van der Waals surface area contributed by atoms with Gasteiger partial charge in [0, 0.05) is 61.3 Å². The Hall–Kier alpha value is -6.53. The number of carbonyl (C=O) groups excluding carboxylic acids is 11.